The van der Waals surface area contributed by atoms with E-state index in [1.165, 1.54) is 0 Å². The van der Waals surface area contributed by atoms with Crippen LogP contribution in [0.3, 0.4) is 0 Å². The van der Waals surface area contributed by atoms with Gasteiger partial charge in [-0.2, -0.15) is 0 Å². The molecule has 1 aliphatic rings. The lowest BCUT2D eigenvalue weighted by atomic mass is 10.2. The Morgan fingerprint density at radius 2 is 2.00 bits per heavy atom. The first-order valence-electron chi connectivity index (χ1n) is 9.92. The van der Waals surface area contributed by atoms with Crippen molar-refractivity contribution in [2.24, 2.45) is 4.99 Å². The minimum atomic E-state index is 0.0317. The number of carbonyl (C=O) groups excluding carboxylic acids is 1. The van der Waals surface area contributed by atoms with E-state index < -0.39 is 0 Å². The molecule has 1 aromatic carbocycles. The minimum Gasteiger partial charge on any atom is -0.493 e. The van der Waals surface area contributed by atoms with E-state index in [2.05, 4.69) is 25.4 Å². The van der Waals surface area contributed by atoms with Gasteiger partial charge in [-0.3, -0.25) is 14.7 Å². The molecule has 0 unspecified atom stereocenters. The van der Waals surface area contributed by atoms with Crippen LogP contribution in [0.4, 0.5) is 0 Å². The topological polar surface area (TPSA) is 78.4 Å². The van der Waals surface area contributed by atoms with Gasteiger partial charge < -0.3 is 25.0 Å². The van der Waals surface area contributed by atoms with E-state index in [0.29, 0.717) is 37.9 Å². The molecule has 1 aliphatic heterocycles. The molecule has 9 heteroatoms. The highest BCUT2D eigenvalue weighted by Gasteiger charge is 2.21. The first-order valence-corrected chi connectivity index (χ1v) is 10.3. The Morgan fingerprint density at radius 3 is 2.66 bits per heavy atom. The van der Waals surface area contributed by atoms with Crippen molar-refractivity contribution >= 4 is 23.5 Å². The second-order valence-corrected chi connectivity index (χ2v) is 7.13. The Bertz CT molecular complexity index is 678. The number of nitrogens with zero attached hydrogens (tertiary/aromatic N) is 3. The molecule has 8 nitrogen and oxygen atoms in total. The van der Waals surface area contributed by atoms with E-state index in [4.69, 9.17) is 21.1 Å². The molecule has 2 N–H and O–H groups in total. The summed E-state index contributed by atoms with van der Waals surface area (Å²) in [6.07, 6.45) is 0. The first kappa shape index (κ1) is 23.3. The summed E-state index contributed by atoms with van der Waals surface area (Å²) >= 11 is 6.08. The van der Waals surface area contributed by atoms with Crippen LogP contribution in [-0.4, -0.2) is 88.3 Å². The van der Waals surface area contributed by atoms with Gasteiger partial charge in [0.15, 0.2) is 5.96 Å². The molecule has 1 heterocycles. The summed E-state index contributed by atoms with van der Waals surface area (Å²) in [6.45, 7) is 7.85. The summed E-state index contributed by atoms with van der Waals surface area (Å²) in [7, 11) is 3.40. The maximum absolute atomic E-state index is 11.9. The number of aliphatic imine (C=N–C) groups is 1. The Labute approximate surface area is 178 Å². The number of hydrogen-bond acceptors (Lipinski definition) is 5. The molecule has 0 radical (unpaired) electrons. The SMILES string of the molecule is CCOc1cc(Cl)ccc1CNC(=NC)N1CCN(CC(=O)NCCOC)CC1. The third-order valence-electron chi connectivity index (χ3n) is 4.65. The molecule has 29 heavy (non-hydrogen) atoms. The highest BCUT2D eigenvalue weighted by atomic mass is 35.5. The van der Waals surface area contributed by atoms with Crippen molar-refractivity contribution < 1.29 is 14.3 Å². The maximum atomic E-state index is 11.9. The average Bonchev–Trinajstić information content (AvgIpc) is 2.71. The molecule has 0 saturated carbocycles. The molecule has 1 saturated heterocycles. The molecule has 2 rings (SSSR count). The quantitative estimate of drug-likeness (QED) is 0.351. The van der Waals surface area contributed by atoms with Gasteiger partial charge in [0.2, 0.25) is 5.91 Å². The average molecular weight is 426 g/mol. The zero-order valence-electron chi connectivity index (χ0n) is 17.5. The molecule has 1 fully saturated rings. The zero-order valence-corrected chi connectivity index (χ0v) is 18.3. The van der Waals surface area contributed by atoms with Gasteiger partial charge in [-0.25, -0.2) is 0 Å². The lowest BCUT2D eigenvalue weighted by Crippen LogP contribution is -2.54. The summed E-state index contributed by atoms with van der Waals surface area (Å²) in [5.41, 5.74) is 1.03. The first-order chi connectivity index (χ1) is 14.1. The van der Waals surface area contributed by atoms with Gasteiger partial charge in [-0.15, -0.1) is 0 Å². The lowest BCUT2D eigenvalue weighted by Gasteiger charge is -2.36. The van der Waals surface area contributed by atoms with Crippen molar-refractivity contribution in [3.8, 4) is 5.75 Å². The van der Waals surface area contributed by atoms with Crippen LogP contribution in [0.2, 0.25) is 5.02 Å². The van der Waals surface area contributed by atoms with E-state index in [-0.39, 0.29) is 5.91 Å². The summed E-state index contributed by atoms with van der Waals surface area (Å²) < 4.78 is 10.6. The number of methoxy groups -OCH3 is 1. The smallest absolute Gasteiger partial charge is 0.234 e. The van der Waals surface area contributed by atoms with Crippen LogP contribution in [-0.2, 0) is 16.1 Å². The van der Waals surface area contributed by atoms with Gasteiger partial charge >= 0.3 is 0 Å². The monoisotopic (exact) mass is 425 g/mol. The molecule has 0 aliphatic carbocycles. The summed E-state index contributed by atoms with van der Waals surface area (Å²) in [5.74, 6) is 1.66. The Morgan fingerprint density at radius 1 is 1.24 bits per heavy atom. The molecular weight excluding hydrogens is 394 g/mol. The number of nitrogens with one attached hydrogen (secondary N) is 2. The van der Waals surface area contributed by atoms with Crippen molar-refractivity contribution in [3.63, 3.8) is 0 Å². The zero-order chi connectivity index (χ0) is 21.1. The van der Waals surface area contributed by atoms with Gasteiger partial charge in [0.25, 0.3) is 0 Å². The number of halogens is 1. The van der Waals surface area contributed by atoms with Crippen LogP contribution >= 0.6 is 11.6 Å². The predicted octanol–water partition coefficient (Wildman–Crippen LogP) is 1.19. The van der Waals surface area contributed by atoms with E-state index >= 15 is 0 Å². The van der Waals surface area contributed by atoms with Gasteiger partial charge in [0.05, 0.1) is 19.8 Å². The van der Waals surface area contributed by atoms with Crippen molar-refractivity contribution in [2.75, 3.05) is 66.6 Å². The number of piperazine rings is 1. The number of carbonyl (C=O) groups is 1. The number of hydrogen-bond donors (Lipinski definition) is 2. The van der Waals surface area contributed by atoms with Crippen molar-refractivity contribution in [1.29, 1.82) is 0 Å². The minimum absolute atomic E-state index is 0.0317. The predicted molar refractivity (Wildman–Crippen MR) is 116 cm³/mol. The summed E-state index contributed by atoms with van der Waals surface area (Å²) in [4.78, 5) is 20.7. The van der Waals surface area contributed by atoms with Crippen LogP contribution in [0.1, 0.15) is 12.5 Å². The van der Waals surface area contributed by atoms with Crippen LogP contribution in [0, 0.1) is 0 Å². The Balaban J connectivity index is 1.81. The van der Waals surface area contributed by atoms with E-state index in [1.54, 1.807) is 14.2 Å². The summed E-state index contributed by atoms with van der Waals surface area (Å²) in [5, 5.41) is 6.92. The molecule has 0 aromatic heterocycles. The van der Waals surface area contributed by atoms with Crippen LogP contribution in [0.25, 0.3) is 0 Å². The van der Waals surface area contributed by atoms with E-state index in [1.807, 2.05) is 25.1 Å². The fourth-order valence-corrected chi connectivity index (χ4v) is 3.30. The molecule has 0 atom stereocenters. The van der Waals surface area contributed by atoms with Crippen molar-refractivity contribution in [2.45, 2.75) is 13.5 Å². The van der Waals surface area contributed by atoms with E-state index in [0.717, 1.165) is 43.5 Å². The van der Waals surface area contributed by atoms with Gasteiger partial charge in [-0.05, 0) is 19.1 Å². The number of guanidine groups is 1. The molecule has 1 aromatic rings. The highest BCUT2D eigenvalue weighted by Crippen LogP contribution is 2.23. The number of rotatable bonds is 9. The third kappa shape index (κ3) is 7.72. The highest BCUT2D eigenvalue weighted by molar-refractivity contribution is 6.30. The molecule has 0 bridgehead atoms. The lowest BCUT2D eigenvalue weighted by molar-refractivity contribution is -0.122. The standard InChI is InChI=1S/C20H32ClN5O3/c1-4-29-18-13-17(21)6-5-16(18)14-24-20(22-2)26-10-8-25(9-11-26)15-19(27)23-7-12-28-3/h5-6,13H,4,7-12,14-15H2,1-3H3,(H,22,24)(H,23,27). The van der Waals surface area contributed by atoms with Gasteiger partial charge in [0.1, 0.15) is 5.75 Å². The van der Waals surface area contributed by atoms with Crippen molar-refractivity contribution in [1.82, 2.24) is 20.4 Å². The van der Waals surface area contributed by atoms with Crippen LogP contribution < -0.4 is 15.4 Å². The Hall–Kier alpha value is -2.03. The number of ether oxygens (including phenoxy) is 2. The number of benzene rings is 1. The largest absolute Gasteiger partial charge is 0.493 e. The van der Waals surface area contributed by atoms with E-state index in [9.17, 15) is 4.79 Å². The van der Waals surface area contributed by atoms with Crippen LogP contribution in [0.5, 0.6) is 5.75 Å². The third-order valence-corrected chi connectivity index (χ3v) is 4.88. The fourth-order valence-electron chi connectivity index (χ4n) is 3.14. The van der Waals surface area contributed by atoms with Gasteiger partial charge in [-0.1, -0.05) is 17.7 Å². The normalized spacial score (nSPS) is 15.3. The Kier molecular flexibility index (Phi) is 10.0. The second-order valence-electron chi connectivity index (χ2n) is 6.69. The van der Waals surface area contributed by atoms with Gasteiger partial charge in [0, 0.05) is 64.0 Å². The molecular formula is C20H32ClN5O3. The molecule has 162 valence electrons. The molecule has 0 spiro atoms. The van der Waals surface area contributed by atoms with Crippen LogP contribution in [0.15, 0.2) is 23.2 Å². The fraction of sp³-hybridized carbons (Fsp3) is 0.600. The maximum Gasteiger partial charge on any atom is 0.234 e. The molecule has 1 amide bonds. The number of amides is 1. The summed E-state index contributed by atoms with van der Waals surface area (Å²) in [6, 6.07) is 5.66. The van der Waals surface area contributed by atoms with Crippen molar-refractivity contribution in [3.05, 3.63) is 28.8 Å². The second kappa shape index (κ2) is 12.5.